The molecule has 0 fully saturated rings. The van der Waals surface area contributed by atoms with Crippen molar-refractivity contribution in [3.63, 3.8) is 0 Å². The SMILES string of the molecule is O=C(COC(=O)c1sc2cc(F)ccc2c1Cl)c1ccc2c(c1)OCCO2. The molecule has 0 bridgehead atoms. The molecule has 0 amide bonds. The van der Waals surface area contributed by atoms with Gasteiger partial charge in [0.25, 0.3) is 0 Å². The summed E-state index contributed by atoms with van der Waals surface area (Å²) < 4.78 is 29.8. The topological polar surface area (TPSA) is 61.8 Å². The molecule has 3 aromatic rings. The van der Waals surface area contributed by atoms with E-state index in [1.807, 2.05) is 0 Å². The third-order valence-corrected chi connectivity index (χ3v) is 5.61. The van der Waals surface area contributed by atoms with E-state index < -0.39 is 18.4 Å². The summed E-state index contributed by atoms with van der Waals surface area (Å²) in [7, 11) is 0. The van der Waals surface area contributed by atoms with E-state index in [0.717, 1.165) is 11.3 Å². The molecule has 1 aromatic heterocycles. The molecule has 0 atom stereocenters. The van der Waals surface area contributed by atoms with Crippen LogP contribution in [0.5, 0.6) is 11.5 Å². The molecular weight excluding hydrogens is 395 g/mol. The van der Waals surface area contributed by atoms with E-state index in [2.05, 4.69) is 0 Å². The van der Waals surface area contributed by atoms with Gasteiger partial charge in [-0.2, -0.15) is 0 Å². The Morgan fingerprint density at radius 3 is 2.70 bits per heavy atom. The van der Waals surface area contributed by atoms with Crippen molar-refractivity contribution < 1.29 is 28.2 Å². The fourth-order valence-corrected chi connectivity index (χ4v) is 4.09. The normalized spacial score (nSPS) is 12.8. The van der Waals surface area contributed by atoms with Crippen molar-refractivity contribution >= 4 is 44.8 Å². The van der Waals surface area contributed by atoms with E-state index in [9.17, 15) is 14.0 Å². The first-order valence-electron chi connectivity index (χ1n) is 8.00. The number of fused-ring (bicyclic) bond motifs is 2. The summed E-state index contributed by atoms with van der Waals surface area (Å²) in [6.45, 7) is 0.416. The molecule has 1 aliphatic rings. The van der Waals surface area contributed by atoms with Gasteiger partial charge in [0.2, 0.25) is 0 Å². The number of hydrogen-bond donors (Lipinski definition) is 0. The Morgan fingerprint density at radius 2 is 1.89 bits per heavy atom. The lowest BCUT2D eigenvalue weighted by Crippen LogP contribution is -2.17. The molecule has 5 nitrogen and oxygen atoms in total. The van der Waals surface area contributed by atoms with Crippen LogP contribution < -0.4 is 9.47 Å². The van der Waals surface area contributed by atoms with Crippen LogP contribution in [0.3, 0.4) is 0 Å². The van der Waals surface area contributed by atoms with Gasteiger partial charge in [0, 0.05) is 15.6 Å². The number of esters is 1. The molecule has 0 saturated carbocycles. The van der Waals surface area contributed by atoms with Crippen molar-refractivity contribution in [2.24, 2.45) is 0 Å². The number of hydrogen-bond acceptors (Lipinski definition) is 6. The van der Waals surface area contributed by atoms with Gasteiger partial charge in [-0.25, -0.2) is 9.18 Å². The van der Waals surface area contributed by atoms with Crippen LogP contribution in [0.15, 0.2) is 36.4 Å². The zero-order valence-corrected chi connectivity index (χ0v) is 15.4. The Hall–Kier alpha value is -2.64. The minimum atomic E-state index is -0.729. The van der Waals surface area contributed by atoms with Crippen LogP contribution in [-0.2, 0) is 4.74 Å². The second kappa shape index (κ2) is 7.17. The molecule has 8 heteroatoms. The predicted molar refractivity (Wildman–Crippen MR) is 98.8 cm³/mol. The molecule has 4 rings (SSSR count). The maximum Gasteiger partial charge on any atom is 0.350 e. The lowest BCUT2D eigenvalue weighted by molar-refractivity contribution is 0.0479. The lowest BCUT2D eigenvalue weighted by Gasteiger charge is -2.18. The van der Waals surface area contributed by atoms with Crippen LogP contribution >= 0.6 is 22.9 Å². The Bertz CT molecular complexity index is 1060. The van der Waals surface area contributed by atoms with Crippen molar-refractivity contribution in [2.75, 3.05) is 19.8 Å². The highest BCUT2D eigenvalue weighted by Gasteiger charge is 2.21. The zero-order chi connectivity index (χ0) is 19.0. The first kappa shape index (κ1) is 17.8. The first-order chi connectivity index (χ1) is 13.0. The fourth-order valence-electron chi connectivity index (χ4n) is 2.67. The third-order valence-electron chi connectivity index (χ3n) is 3.98. The quantitative estimate of drug-likeness (QED) is 0.471. The standard InChI is InChI=1S/C19H12ClFO5S/c20-17-12-3-2-11(21)8-16(12)27-18(17)19(23)26-9-13(22)10-1-4-14-15(7-10)25-6-5-24-14/h1-4,7-8H,5-6,9H2. The Kier molecular flexibility index (Phi) is 4.72. The van der Waals surface area contributed by atoms with Gasteiger partial charge in [-0.3, -0.25) is 4.79 Å². The number of thiophene rings is 1. The van der Waals surface area contributed by atoms with Crippen LogP contribution in [0.2, 0.25) is 5.02 Å². The highest BCUT2D eigenvalue weighted by Crippen LogP contribution is 2.36. The maximum absolute atomic E-state index is 13.3. The van der Waals surface area contributed by atoms with Gasteiger partial charge in [-0.15, -0.1) is 11.3 Å². The summed E-state index contributed by atoms with van der Waals surface area (Å²) in [6.07, 6.45) is 0. The van der Waals surface area contributed by atoms with Crippen molar-refractivity contribution in [1.29, 1.82) is 0 Å². The number of Topliss-reactive ketones (excluding diaryl/α,β-unsaturated/α-hetero) is 1. The Morgan fingerprint density at radius 1 is 1.11 bits per heavy atom. The molecule has 0 spiro atoms. The predicted octanol–water partition coefficient (Wildman–Crippen LogP) is 4.50. The van der Waals surface area contributed by atoms with Gasteiger partial charge in [0.05, 0.1) is 5.02 Å². The smallest absolute Gasteiger partial charge is 0.350 e. The monoisotopic (exact) mass is 406 g/mol. The number of halogens is 2. The zero-order valence-electron chi connectivity index (χ0n) is 13.8. The molecule has 2 heterocycles. The summed E-state index contributed by atoms with van der Waals surface area (Å²) in [5.74, 6) is -0.489. The summed E-state index contributed by atoms with van der Waals surface area (Å²) in [4.78, 5) is 24.7. The van der Waals surface area contributed by atoms with E-state index in [4.69, 9.17) is 25.8 Å². The summed E-state index contributed by atoms with van der Waals surface area (Å²) >= 11 is 7.21. The number of rotatable bonds is 4. The largest absolute Gasteiger partial charge is 0.486 e. The highest BCUT2D eigenvalue weighted by atomic mass is 35.5. The molecule has 0 unspecified atom stereocenters. The number of carbonyl (C=O) groups excluding carboxylic acids is 2. The van der Waals surface area contributed by atoms with Crippen molar-refractivity contribution in [1.82, 2.24) is 0 Å². The Balaban J connectivity index is 1.47. The molecular formula is C19H12ClFO5S. The summed E-state index contributed by atoms with van der Waals surface area (Å²) in [6, 6.07) is 8.84. The number of carbonyl (C=O) groups is 2. The maximum atomic E-state index is 13.3. The van der Waals surface area contributed by atoms with Gasteiger partial charge < -0.3 is 14.2 Å². The molecule has 0 aliphatic carbocycles. The van der Waals surface area contributed by atoms with E-state index in [0.29, 0.717) is 40.4 Å². The van der Waals surface area contributed by atoms with Gasteiger partial charge in [-0.05, 0) is 36.4 Å². The first-order valence-corrected chi connectivity index (χ1v) is 9.20. The van der Waals surface area contributed by atoms with Gasteiger partial charge in [0.15, 0.2) is 23.9 Å². The fraction of sp³-hybridized carbons (Fsp3) is 0.158. The van der Waals surface area contributed by atoms with Crippen LogP contribution in [0.4, 0.5) is 4.39 Å². The van der Waals surface area contributed by atoms with E-state index in [1.165, 1.54) is 18.2 Å². The Labute approximate surface area is 162 Å². The second-order valence-electron chi connectivity index (χ2n) is 5.74. The number of ether oxygens (including phenoxy) is 3. The highest BCUT2D eigenvalue weighted by molar-refractivity contribution is 7.21. The molecule has 138 valence electrons. The van der Waals surface area contributed by atoms with Gasteiger partial charge >= 0.3 is 5.97 Å². The van der Waals surface area contributed by atoms with Crippen molar-refractivity contribution in [2.45, 2.75) is 0 Å². The molecule has 0 saturated heterocycles. The second-order valence-corrected chi connectivity index (χ2v) is 7.17. The minimum absolute atomic E-state index is 0.132. The van der Waals surface area contributed by atoms with Crippen molar-refractivity contribution in [3.8, 4) is 11.5 Å². The minimum Gasteiger partial charge on any atom is -0.486 e. The molecule has 27 heavy (non-hydrogen) atoms. The molecule has 0 N–H and O–H groups in total. The van der Waals surface area contributed by atoms with E-state index in [-0.39, 0.29) is 15.7 Å². The molecule has 1 aliphatic heterocycles. The summed E-state index contributed by atoms with van der Waals surface area (Å²) in [5.41, 5.74) is 0.344. The average molecular weight is 407 g/mol. The lowest BCUT2D eigenvalue weighted by atomic mass is 10.1. The van der Waals surface area contributed by atoms with Crippen LogP contribution in [-0.4, -0.2) is 31.6 Å². The van der Waals surface area contributed by atoms with E-state index in [1.54, 1.807) is 18.2 Å². The van der Waals surface area contributed by atoms with Crippen LogP contribution in [0.1, 0.15) is 20.0 Å². The van der Waals surface area contributed by atoms with Crippen LogP contribution in [0.25, 0.3) is 10.1 Å². The van der Waals surface area contributed by atoms with Crippen molar-refractivity contribution in [3.05, 3.63) is 57.7 Å². The van der Waals surface area contributed by atoms with E-state index >= 15 is 0 Å². The third kappa shape index (κ3) is 3.48. The number of ketones is 1. The summed E-state index contributed by atoms with van der Waals surface area (Å²) in [5, 5.41) is 0.750. The van der Waals surface area contributed by atoms with Gasteiger partial charge in [0.1, 0.15) is 23.9 Å². The van der Waals surface area contributed by atoms with Gasteiger partial charge in [-0.1, -0.05) is 11.6 Å². The average Bonchev–Trinajstić information content (AvgIpc) is 3.01. The molecule has 2 aromatic carbocycles. The van der Waals surface area contributed by atoms with Crippen LogP contribution in [0, 0.1) is 5.82 Å². The number of benzene rings is 2. The molecule has 0 radical (unpaired) electrons.